The predicted molar refractivity (Wildman–Crippen MR) is 143 cm³/mol. The van der Waals surface area contributed by atoms with Crippen molar-refractivity contribution in [3.8, 4) is 5.69 Å². The summed E-state index contributed by atoms with van der Waals surface area (Å²) in [5.74, 6) is 0. The Bertz CT molecular complexity index is 2060. The smallest absolute Gasteiger partial charge is 0.143 e. The normalized spacial score (nSPS) is 12.1. The number of nitrogens with zero attached hydrogens (tertiary/aromatic N) is 1. The average Bonchev–Trinajstić information content (AvgIpc) is 3.45. The molecule has 0 atom stereocenters. The minimum atomic E-state index is 0.931. The van der Waals surface area contributed by atoms with Crippen LogP contribution in [0.25, 0.3) is 71.0 Å². The lowest BCUT2D eigenvalue weighted by molar-refractivity contribution is 0.673. The monoisotopic (exact) mass is 433 g/mol. The molecule has 34 heavy (non-hydrogen) atoms. The molecule has 0 aliphatic heterocycles. The van der Waals surface area contributed by atoms with Gasteiger partial charge in [0.1, 0.15) is 11.2 Å². The van der Waals surface area contributed by atoms with Crippen molar-refractivity contribution in [2.75, 3.05) is 0 Å². The Morgan fingerprint density at radius 3 is 1.94 bits per heavy atom. The third-order valence-electron chi connectivity index (χ3n) is 7.16. The number of fused-ring (bicyclic) bond motifs is 12. The molecule has 2 heteroatoms. The first-order valence-corrected chi connectivity index (χ1v) is 11.6. The van der Waals surface area contributed by atoms with Crippen molar-refractivity contribution in [2.24, 2.45) is 0 Å². The highest BCUT2D eigenvalue weighted by molar-refractivity contribution is 6.36. The van der Waals surface area contributed by atoms with Gasteiger partial charge in [0.05, 0.1) is 11.0 Å². The second kappa shape index (κ2) is 6.49. The summed E-state index contributed by atoms with van der Waals surface area (Å²) < 4.78 is 8.93. The van der Waals surface area contributed by atoms with Crippen LogP contribution >= 0.6 is 0 Å². The first-order valence-electron chi connectivity index (χ1n) is 11.6. The van der Waals surface area contributed by atoms with Crippen LogP contribution in [0.5, 0.6) is 0 Å². The van der Waals surface area contributed by atoms with Crippen molar-refractivity contribution < 1.29 is 4.42 Å². The molecule has 0 saturated carbocycles. The summed E-state index contributed by atoms with van der Waals surface area (Å²) in [4.78, 5) is 0. The highest BCUT2D eigenvalue weighted by Gasteiger charge is 2.21. The Kier molecular flexibility index (Phi) is 3.42. The molecule has 6 aromatic carbocycles. The second-order valence-electron chi connectivity index (χ2n) is 8.92. The van der Waals surface area contributed by atoms with Crippen LogP contribution in [0.15, 0.2) is 120 Å². The Hall–Kier alpha value is -4.56. The van der Waals surface area contributed by atoms with Gasteiger partial charge in [-0.05, 0) is 41.1 Å². The maximum Gasteiger partial charge on any atom is 0.143 e. The fraction of sp³-hybridized carbons (Fsp3) is 0. The van der Waals surface area contributed by atoms with Crippen LogP contribution in [-0.2, 0) is 0 Å². The van der Waals surface area contributed by atoms with Crippen LogP contribution in [0.3, 0.4) is 0 Å². The number of hydrogen-bond acceptors (Lipinski definition) is 1. The number of rotatable bonds is 1. The van der Waals surface area contributed by atoms with Gasteiger partial charge < -0.3 is 8.98 Å². The first kappa shape index (κ1) is 17.9. The summed E-state index contributed by atoms with van der Waals surface area (Å²) >= 11 is 0. The summed E-state index contributed by atoms with van der Waals surface area (Å²) in [5.41, 5.74) is 5.52. The standard InChI is InChI=1S/C32H19NO/c1-2-10-20(11-3-1)33-27-16-8-6-15-25(27)29-26-19-18-24-21-12-7-9-17-28(21)34-32(24)30(26)22-13-4-5-14-23(22)31(29)33/h1-19H. The molecule has 0 fully saturated rings. The summed E-state index contributed by atoms with van der Waals surface area (Å²) in [5, 5.41) is 9.73. The van der Waals surface area contributed by atoms with E-state index in [0.717, 1.165) is 16.6 Å². The zero-order valence-corrected chi connectivity index (χ0v) is 18.3. The van der Waals surface area contributed by atoms with Gasteiger partial charge in [-0.25, -0.2) is 0 Å². The molecule has 8 rings (SSSR count). The van der Waals surface area contributed by atoms with E-state index in [2.05, 4.69) is 114 Å². The van der Waals surface area contributed by atoms with Crippen molar-refractivity contribution in [2.45, 2.75) is 0 Å². The van der Waals surface area contributed by atoms with Gasteiger partial charge in [-0.2, -0.15) is 0 Å². The SMILES string of the molecule is c1ccc(-n2c3ccccc3c3c4ccc5c6ccccc6oc5c4c4ccccc4c32)cc1. The van der Waals surface area contributed by atoms with Gasteiger partial charge in [0.15, 0.2) is 0 Å². The van der Waals surface area contributed by atoms with Crippen molar-refractivity contribution in [3.63, 3.8) is 0 Å². The maximum atomic E-state index is 6.52. The molecule has 0 saturated heterocycles. The van der Waals surface area contributed by atoms with E-state index in [1.165, 1.54) is 54.4 Å². The van der Waals surface area contributed by atoms with Crippen LogP contribution in [0, 0.1) is 0 Å². The molecular formula is C32H19NO. The fourth-order valence-electron chi connectivity index (χ4n) is 5.79. The molecule has 0 bridgehead atoms. The summed E-state index contributed by atoms with van der Waals surface area (Å²) in [6.45, 7) is 0. The van der Waals surface area contributed by atoms with Crippen LogP contribution < -0.4 is 0 Å². The molecule has 0 aliphatic rings. The fourth-order valence-corrected chi connectivity index (χ4v) is 5.79. The van der Waals surface area contributed by atoms with E-state index in [1.807, 2.05) is 6.07 Å². The molecule has 2 heterocycles. The number of aromatic nitrogens is 1. The van der Waals surface area contributed by atoms with Gasteiger partial charge in [0.2, 0.25) is 0 Å². The molecule has 0 unspecified atom stereocenters. The van der Waals surface area contributed by atoms with E-state index in [-0.39, 0.29) is 0 Å². The van der Waals surface area contributed by atoms with E-state index in [4.69, 9.17) is 4.42 Å². The topological polar surface area (TPSA) is 18.1 Å². The van der Waals surface area contributed by atoms with Gasteiger partial charge in [0, 0.05) is 38.0 Å². The van der Waals surface area contributed by atoms with Crippen LogP contribution in [0.4, 0.5) is 0 Å². The lowest BCUT2D eigenvalue weighted by Crippen LogP contribution is -1.94. The van der Waals surface area contributed by atoms with Crippen LogP contribution in [0.1, 0.15) is 0 Å². The summed E-state index contributed by atoms with van der Waals surface area (Å²) in [6.07, 6.45) is 0. The quantitative estimate of drug-likeness (QED) is 0.236. The van der Waals surface area contributed by atoms with Gasteiger partial charge in [0.25, 0.3) is 0 Å². The highest BCUT2D eigenvalue weighted by atomic mass is 16.3. The predicted octanol–water partition coefficient (Wildman–Crippen LogP) is 8.99. The lowest BCUT2D eigenvalue weighted by Gasteiger charge is -2.12. The number of para-hydroxylation sites is 3. The van der Waals surface area contributed by atoms with Crippen molar-refractivity contribution in [1.82, 2.24) is 4.57 Å². The second-order valence-corrected chi connectivity index (χ2v) is 8.92. The molecule has 0 N–H and O–H groups in total. The van der Waals surface area contributed by atoms with Crippen molar-refractivity contribution in [1.29, 1.82) is 0 Å². The molecule has 2 aromatic heterocycles. The van der Waals surface area contributed by atoms with Gasteiger partial charge in [-0.1, -0.05) is 84.9 Å². The molecule has 0 aliphatic carbocycles. The van der Waals surface area contributed by atoms with Crippen LogP contribution in [0.2, 0.25) is 0 Å². The Morgan fingerprint density at radius 1 is 0.441 bits per heavy atom. The number of hydrogen-bond donors (Lipinski definition) is 0. The minimum absolute atomic E-state index is 0.931. The Balaban J connectivity index is 1.72. The minimum Gasteiger partial charge on any atom is -0.455 e. The van der Waals surface area contributed by atoms with Gasteiger partial charge >= 0.3 is 0 Å². The Morgan fingerprint density at radius 2 is 1.09 bits per heavy atom. The van der Waals surface area contributed by atoms with Gasteiger partial charge in [-0.15, -0.1) is 0 Å². The summed E-state index contributed by atoms with van der Waals surface area (Å²) in [7, 11) is 0. The maximum absolute atomic E-state index is 6.52. The number of furan rings is 1. The first-order chi connectivity index (χ1) is 16.9. The average molecular weight is 434 g/mol. The van der Waals surface area contributed by atoms with E-state index >= 15 is 0 Å². The number of benzene rings is 6. The molecule has 0 radical (unpaired) electrons. The zero-order valence-electron chi connectivity index (χ0n) is 18.3. The van der Waals surface area contributed by atoms with Crippen molar-refractivity contribution in [3.05, 3.63) is 115 Å². The van der Waals surface area contributed by atoms with E-state index < -0.39 is 0 Å². The molecule has 0 amide bonds. The molecular weight excluding hydrogens is 414 g/mol. The van der Waals surface area contributed by atoms with E-state index in [9.17, 15) is 0 Å². The molecule has 8 aromatic rings. The molecule has 2 nitrogen and oxygen atoms in total. The lowest BCUT2D eigenvalue weighted by atomic mass is 9.95. The highest BCUT2D eigenvalue weighted by Crippen LogP contribution is 2.45. The Labute approximate surface area is 195 Å². The molecule has 0 spiro atoms. The van der Waals surface area contributed by atoms with Crippen molar-refractivity contribution >= 4 is 65.3 Å². The largest absolute Gasteiger partial charge is 0.455 e. The third-order valence-corrected chi connectivity index (χ3v) is 7.16. The van der Waals surface area contributed by atoms with E-state index in [1.54, 1.807) is 0 Å². The van der Waals surface area contributed by atoms with Crippen LogP contribution in [-0.4, -0.2) is 4.57 Å². The van der Waals surface area contributed by atoms with E-state index in [0.29, 0.717) is 0 Å². The van der Waals surface area contributed by atoms with Gasteiger partial charge in [-0.3, -0.25) is 0 Å². The third kappa shape index (κ3) is 2.20. The molecule has 158 valence electrons. The summed E-state index contributed by atoms with van der Waals surface area (Å²) in [6, 6.07) is 41.0. The zero-order chi connectivity index (χ0) is 22.2.